The summed E-state index contributed by atoms with van der Waals surface area (Å²) in [6, 6.07) is 13.3. The molecule has 4 heteroatoms. The normalized spacial score (nSPS) is 14.2. The van der Waals surface area contributed by atoms with Crippen LogP contribution in [-0.4, -0.2) is 24.5 Å². The first kappa shape index (κ1) is 16.2. The number of fused-ring (bicyclic) bond motifs is 1. The number of esters is 1. The van der Waals surface area contributed by atoms with E-state index in [-0.39, 0.29) is 5.91 Å². The van der Waals surface area contributed by atoms with Crippen molar-refractivity contribution in [3.8, 4) is 0 Å². The summed E-state index contributed by atoms with van der Waals surface area (Å²) in [6.07, 6.45) is 0.0168. The average molecular weight is 323 g/mol. The summed E-state index contributed by atoms with van der Waals surface area (Å²) < 4.78 is 5.43. The number of anilines is 1. The largest absolute Gasteiger partial charge is 0.449 e. The second kappa shape index (κ2) is 6.48. The number of aryl methyl sites for hydroxylation is 1. The lowest BCUT2D eigenvalue weighted by Crippen LogP contribution is -2.39. The second-order valence-corrected chi connectivity index (χ2v) is 6.16. The van der Waals surface area contributed by atoms with E-state index in [1.165, 1.54) is 0 Å². The smallest absolute Gasteiger partial charge is 0.339 e. The molecular weight excluding hydrogens is 302 g/mol. The first-order valence-corrected chi connectivity index (χ1v) is 8.15. The summed E-state index contributed by atoms with van der Waals surface area (Å²) in [4.78, 5) is 26.8. The van der Waals surface area contributed by atoms with Crippen LogP contribution in [0.1, 0.15) is 34.0 Å². The van der Waals surface area contributed by atoms with Gasteiger partial charge in [0.1, 0.15) is 0 Å². The van der Waals surface area contributed by atoms with Gasteiger partial charge in [-0.2, -0.15) is 0 Å². The number of nitrogens with zero attached hydrogens (tertiary/aromatic N) is 1. The van der Waals surface area contributed by atoms with Crippen molar-refractivity contribution in [1.82, 2.24) is 0 Å². The molecule has 4 nitrogen and oxygen atoms in total. The van der Waals surface area contributed by atoms with Crippen LogP contribution in [0.5, 0.6) is 0 Å². The van der Waals surface area contributed by atoms with Gasteiger partial charge in [-0.05, 0) is 56.0 Å². The zero-order valence-corrected chi connectivity index (χ0v) is 14.2. The van der Waals surface area contributed by atoms with E-state index >= 15 is 0 Å². The van der Waals surface area contributed by atoms with Gasteiger partial charge in [0.25, 0.3) is 5.91 Å². The minimum atomic E-state index is -0.816. The summed E-state index contributed by atoms with van der Waals surface area (Å²) in [7, 11) is 0. The van der Waals surface area contributed by atoms with Crippen LogP contribution in [-0.2, 0) is 16.0 Å². The Kier molecular flexibility index (Phi) is 4.38. The van der Waals surface area contributed by atoms with Gasteiger partial charge in [0.2, 0.25) is 0 Å². The molecule has 0 N–H and O–H groups in total. The summed E-state index contributed by atoms with van der Waals surface area (Å²) in [6.45, 7) is 6.09. The summed E-state index contributed by atoms with van der Waals surface area (Å²) in [5.74, 6) is -0.636. The van der Waals surface area contributed by atoms with Gasteiger partial charge >= 0.3 is 5.97 Å². The van der Waals surface area contributed by atoms with Crippen LogP contribution >= 0.6 is 0 Å². The van der Waals surface area contributed by atoms with E-state index in [1.807, 2.05) is 50.2 Å². The zero-order chi connectivity index (χ0) is 17.3. The first-order chi connectivity index (χ1) is 11.5. The summed E-state index contributed by atoms with van der Waals surface area (Å²) in [5, 5.41) is 0. The molecule has 1 atom stereocenters. The molecule has 0 aromatic heterocycles. The third kappa shape index (κ3) is 2.92. The van der Waals surface area contributed by atoms with Gasteiger partial charge in [-0.15, -0.1) is 0 Å². The Hall–Kier alpha value is -2.62. The van der Waals surface area contributed by atoms with E-state index in [1.54, 1.807) is 17.9 Å². The highest BCUT2D eigenvalue weighted by Gasteiger charge is 2.30. The molecule has 0 spiro atoms. The number of rotatable bonds is 3. The molecule has 1 heterocycles. The van der Waals surface area contributed by atoms with Crippen molar-refractivity contribution in [1.29, 1.82) is 0 Å². The molecule has 1 aliphatic rings. The van der Waals surface area contributed by atoms with Crippen molar-refractivity contribution in [2.45, 2.75) is 33.3 Å². The maximum absolute atomic E-state index is 12.7. The van der Waals surface area contributed by atoms with Crippen LogP contribution in [0.4, 0.5) is 5.69 Å². The van der Waals surface area contributed by atoms with Gasteiger partial charge in [-0.3, -0.25) is 4.79 Å². The maximum atomic E-state index is 12.7. The predicted molar refractivity (Wildman–Crippen MR) is 93.3 cm³/mol. The van der Waals surface area contributed by atoms with Gasteiger partial charge in [-0.1, -0.05) is 30.3 Å². The zero-order valence-electron chi connectivity index (χ0n) is 14.2. The van der Waals surface area contributed by atoms with Crippen LogP contribution < -0.4 is 4.90 Å². The lowest BCUT2D eigenvalue weighted by Gasteiger charge is -2.22. The van der Waals surface area contributed by atoms with E-state index in [9.17, 15) is 9.59 Å². The Morgan fingerprint density at radius 2 is 1.83 bits per heavy atom. The molecule has 3 rings (SSSR count). The van der Waals surface area contributed by atoms with E-state index in [4.69, 9.17) is 4.74 Å². The van der Waals surface area contributed by atoms with Crippen LogP contribution in [0.25, 0.3) is 0 Å². The fraction of sp³-hybridized carbons (Fsp3) is 0.300. The van der Waals surface area contributed by atoms with Crippen LogP contribution in [0.2, 0.25) is 0 Å². The van der Waals surface area contributed by atoms with Crippen molar-refractivity contribution < 1.29 is 14.3 Å². The molecule has 0 radical (unpaired) electrons. The first-order valence-electron chi connectivity index (χ1n) is 8.15. The molecule has 0 saturated heterocycles. The van der Waals surface area contributed by atoms with Gasteiger partial charge < -0.3 is 9.64 Å². The number of hydrogen-bond donors (Lipinski definition) is 0. The molecular formula is C20H21NO3. The van der Waals surface area contributed by atoms with Crippen molar-refractivity contribution in [3.05, 3.63) is 64.7 Å². The molecule has 0 bridgehead atoms. The third-order valence-corrected chi connectivity index (χ3v) is 4.61. The van der Waals surface area contributed by atoms with E-state index in [0.29, 0.717) is 12.1 Å². The van der Waals surface area contributed by atoms with Crippen LogP contribution in [0.3, 0.4) is 0 Å². The molecule has 24 heavy (non-hydrogen) atoms. The van der Waals surface area contributed by atoms with E-state index < -0.39 is 12.1 Å². The minimum absolute atomic E-state index is 0.182. The van der Waals surface area contributed by atoms with Crippen molar-refractivity contribution in [2.75, 3.05) is 11.4 Å². The minimum Gasteiger partial charge on any atom is -0.449 e. The highest BCUT2D eigenvalue weighted by Crippen LogP contribution is 2.28. The quantitative estimate of drug-likeness (QED) is 0.813. The number of carbonyl (C=O) groups is 2. The number of ether oxygens (including phenoxy) is 1. The van der Waals surface area contributed by atoms with Gasteiger partial charge in [0.05, 0.1) is 5.56 Å². The lowest BCUT2D eigenvalue weighted by molar-refractivity contribution is -0.126. The predicted octanol–water partition coefficient (Wildman–Crippen LogP) is 3.44. The number of para-hydroxylation sites is 1. The van der Waals surface area contributed by atoms with Crippen LogP contribution in [0, 0.1) is 13.8 Å². The Morgan fingerprint density at radius 1 is 1.08 bits per heavy atom. The summed E-state index contributed by atoms with van der Waals surface area (Å²) >= 11 is 0. The van der Waals surface area contributed by atoms with Crippen molar-refractivity contribution in [2.24, 2.45) is 0 Å². The van der Waals surface area contributed by atoms with E-state index in [0.717, 1.165) is 28.8 Å². The lowest BCUT2D eigenvalue weighted by atomic mass is 10.0. The van der Waals surface area contributed by atoms with E-state index in [2.05, 4.69) is 0 Å². The molecule has 0 aliphatic carbocycles. The molecule has 2 aromatic rings. The molecule has 124 valence electrons. The van der Waals surface area contributed by atoms with Gasteiger partial charge in [0.15, 0.2) is 6.10 Å². The Bertz CT molecular complexity index is 797. The molecule has 1 amide bonds. The fourth-order valence-corrected chi connectivity index (χ4v) is 3.03. The SMILES string of the molecule is Cc1cccc(C(=O)O[C@@H](C)C(=O)N2CCc3ccccc32)c1C. The fourth-order valence-electron chi connectivity index (χ4n) is 3.03. The molecule has 0 fully saturated rings. The Balaban J connectivity index is 1.73. The topological polar surface area (TPSA) is 46.6 Å². The summed E-state index contributed by atoms with van der Waals surface area (Å²) in [5.41, 5.74) is 4.48. The Labute approximate surface area is 142 Å². The number of carbonyl (C=O) groups excluding carboxylic acids is 2. The molecule has 2 aromatic carbocycles. The van der Waals surface area contributed by atoms with Gasteiger partial charge in [0, 0.05) is 12.2 Å². The maximum Gasteiger partial charge on any atom is 0.339 e. The molecule has 0 saturated carbocycles. The van der Waals surface area contributed by atoms with Crippen molar-refractivity contribution >= 4 is 17.6 Å². The standard InChI is InChI=1S/C20H21NO3/c1-13-7-6-9-17(14(13)2)20(23)24-15(3)19(22)21-12-11-16-8-4-5-10-18(16)21/h4-10,15H,11-12H2,1-3H3/t15-/m0/s1. The van der Waals surface area contributed by atoms with Crippen molar-refractivity contribution in [3.63, 3.8) is 0 Å². The third-order valence-electron chi connectivity index (χ3n) is 4.61. The van der Waals surface area contributed by atoms with Gasteiger partial charge in [-0.25, -0.2) is 4.79 Å². The highest BCUT2D eigenvalue weighted by molar-refractivity contribution is 6.00. The number of benzene rings is 2. The highest BCUT2D eigenvalue weighted by atomic mass is 16.5. The second-order valence-electron chi connectivity index (χ2n) is 6.16. The number of amides is 1. The molecule has 0 unspecified atom stereocenters. The van der Waals surface area contributed by atoms with Crippen LogP contribution in [0.15, 0.2) is 42.5 Å². The number of hydrogen-bond acceptors (Lipinski definition) is 3. The average Bonchev–Trinajstić information content (AvgIpc) is 3.00. The Morgan fingerprint density at radius 3 is 2.62 bits per heavy atom. The monoisotopic (exact) mass is 323 g/mol. The molecule has 1 aliphatic heterocycles.